The van der Waals surface area contributed by atoms with Gasteiger partial charge in [0.25, 0.3) is 0 Å². The van der Waals surface area contributed by atoms with Crippen molar-refractivity contribution in [3.8, 4) is 0 Å². The fourth-order valence-electron chi connectivity index (χ4n) is 2.96. The Hall–Kier alpha value is -0.410. The molecule has 2 saturated heterocycles. The second-order valence-electron chi connectivity index (χ2n) is 5.43. The van der Waals surface area contributed by atoms with Crippen LogP contribution < -0.4 is 0 Å². The van der Waals surface area contributed by atoms with E-state index in [0.717, 1.165) is 44.7 Å². The van der Waals surface area contributed by atoms with E-state index in [4.69, 9.17) is 4.74 Å². The minimum atomic E-state index is -0.207. The van der Waals surface area contributed by atoms with Gasteiger partial charge in [0.05, 0.1) is 12.0 Å². The lowest BCUT2D eigenvalue weighted by Gasteiger charge is -2.35. The Morgan fingerprint density at radius 3 is 3.00 bits per heavy atom. The molecule has 2 aliphatic rings. The van der Waals surface area contributed by atoms with Gasteiger partial charge in [-0.3, -0.25) is 0 Å². The van der Waals surface area contributed by atoms with Gasteiger partial charge >= 0.3 is 0 Å². The quantitative estimate of drug-likeness (QED) is 0.682. The first-order valence-corrected chi connectivity index (χ1v) is 6.54. The fourth-order valence-corrected chi connectivity index (χ4v) is 2.96. The van der Waals surface area contributed by atoms with E-state index in [1.807, 2.05) is 0 Å². The second kappa shape index (κ2) is 5.28. The van der Waals surface area contributed by atoms with Crippen LogP contribution in [-0.2, 0) is 9.53 Å². The summed E-state index contributed by atoms with van der Waals surface area (Å²) in [7, 11) is 0. The van der Waals surface area contributed by atoms with Crippen molar-refractivity contribution in [2.45, 2.75) is 32.6 Å². The van der Waals surface area contributed by atoms with Crippen LogP contribution >= 0.6 is 0 Å². The Labute approximate surface area is 98.1 Å². The maximum absolute atomic E-state index is 11.3. The summed E-state index contributed by atoms with van der Waals surface area (Å²) < 4.78 is 5.48. The van der Waals surface area contributed by atoms with Crippen molar-refractivity contribution >= 4 is 6.29 Å². The van der Waals surface area contributed by atoms with Gasteiger partial charge in [-0.05, 0) is 31.7 Å². The maximum Gasteiger partial charge on any atom is 0.129 e. The van der Waals surface area contributed by atoms with Crippen LogP contribution in [0.5, 0.6) is 0 Å². The van der Waals surface area contributed by atoms with E-state index in [-0.39, 0.29) is 5.41 Å². The van der Waals surface area contributed by atoms with Gasteiger partial charge in [0.2, 0.25) is 0 Å². The summed E-state index contributed by atoms with van der Waals surface area (Å²) in [4.78, 5) is 13.8. The zero-order valence-corrected chi connectivity index (χ0v) is 10.3. The third kappa shape index (κ3) is 2.64. The van der Waals surface area contributed by atoms with Crippen molar-refractivity contribution in [1.29, 1.82) is 0 Å². The first-order valence-electron chi connectivity index (χ1n) is 6.54. The van der Waals surface area contributed by atoms with E-state index in [2.05, 4.69) is 11.8 Å². The number of hydrogen-bond donors (Lipinski definition) is 0. The van der Waals surface area contributed by atoms with Crippen molar-refractivity contribution in [1.82, 2.24) is 4.90 Å². The number of aldehydes is 1. The van der Waals surface area contributed by atoms with Crippen LogP contribution in [0.3, 0.4) is 0 Å². The van der Waals surface area contributed by atoms with Gasteiger partial charge in [-0.1, -0.05) is 13.3 Å². The number of carbonyl (C=O) groups is 1. The molecule has 3 heteroatoms. The number of carbonyl (C=O) groups excluding carboxylic acids is 1. The predicted octanol–water partition coefficient (Wildman–Crippen LogP) is 1.71. The minimum absolute atomic E-state index is 0.207. The molecular weight excluding hydrogens is 202 g/mol. The summed E-state index contributed by atoms with van der Waals surface area (Å²) in [5.41, 5.74) is -0.207. The Bertz CT molecular complexity index is 236. The van der Waals surface area contributed by atoms with Crippen molar-refractivity contribution in [3.05, 3.63) is 0 Å². The lowest BCUT2D eigenvalue weighted by molar-refractivity contribution is -0.125. The molecule has 2 fully saturated rings. The molecule has 3 nitrogen and oxygen atoms in total. The SMILES string of the molecule is CCC1CCN(CC2(C=O)CCCOC2)C1. The molecule has 0 aromatic heterocycles. The summed E-state index contributed by atoms with van der Waals surface area (Å²) in [6.07, 6.45) is 5.74. The first kappa shape index (κ1) is 12.1. The average molecular weight is 225 g/mol. The number of nitrogens with zero attached hydrogens (tertiary/aromatic N) is 1. The monoisotopic (exact) mass is 225 g/mol. The molecule has 2 unspecified atom stereocenters. The Kier molecular flexibility index (Phi) is 3.98. The molecule has 2 aliphatic heterocycles. The van der Waals surface area contributed by atoms with Crippen molar-refractivity contribution in [3.63, 3.8) is 0 Å². The molecule has 92 valence electrons. The molecule has 2 rings (SSSR count). The molecule has 2 atom stereocenters. The molecule has 0 bridgehead atoms. The molecule has 0 amide bonds. The first-order chi connectivity index (χ1) is 7.78. The molecule has 0 spiro atoms. The zero-order chi connectivity index (χ0) is 11.4. The summed E-state index contributed by atoms with van der Waals surface area (Å²) in [5.74, 6) is 0.841. The van der Waals surface area contributed by atoms with Crippen LogP contribution in [-0.4, -0.2) is 44.0 Å². The summed E-state index contributed by atoms with van der Waals surface area (Å²) in [5, 5.41) is 0. The van der Waals surface area contributed by atoms with Gasteiger partial charge < -0.3 is 14.4 Å². The van der Waals surface area contributed by atoms with Crippen LogP contribution in [0, 0.1) is 11.3 Å². The van der Waals surface area contributed by atoms with E-state index >= 15 is 0 Å². The van der Waals surface area contributed by atoms with E-state index in [1.165, 1.54) is 19.4 Å². The molecule has 0 aromatic rings. The molecule has 0 N–H and O–H groups in total. The largest absolute Gasteiger partial charge is 0.380 e. The topological polar surface area (TPSA) is 29.5 Å². The van der Waals surface area contributed by atoms with E-state index in [0.29, 0.717) is 6.61 Å². The highest BCUT2D eigenvalue weighted by molar-refractivity contribution is 5.60. The third-order valence-electron chi connectivity index (χ3n) is 4.09. The van der Waals surface area contributed by atoms with Crippen molar-refractivity contribution in [2.75, 3.05) is 32.8 Å². The van der Waals surface area contributed by atoms with E-state index in [1.54, 1.807) is 0 Å². The Balaban J connectivity index is 1.89. The highest BCUT2D eigenvalue weighted by Gasteiger charge is 2.36. The summed E-state index contributed by atoms with van der Waals surface area (Å²) in [6, 6.07) is 0. The molecule has 2 heterocycles. The van der Waals surface area contributed by atoms with Gasteiger partial charge in [-0.2, -0.15) is 0 Å². The number of likely N-dealkylation sites (tertiary alicyclic amines) is 1. The van der Waals surface area contributed by atoms with Crippen LogP contribution in [0.15, 0.2) is 0 Å². The standard InChI is InChI=1S/C13H23NO2/c1-2-12-4-6-14(8-12)9-13(10-15)5-3-7-16-11-13/h10,12H,2-9,11H2,1H3. The lowest BCUT2D eigenvalue weighted by atomic mass is 9.83. The predicted molar refractivity (Wildman–Crippen MR) is 63.4 cm³/mol. The summed E-state index contributed by atoms with van der Waals surface area (Å²) in [6.45, 7) is 6.96. The highest BCUT2D eigenvalue weighted by Crippen LogP contribution is 2.30. The van der Waals surface area contributed by atoms with E-state index < -0.39 is 0 Å². The molecule has 0 saturated carbocycles. The smallest absolute Gasteiger partial charge is 0.129 e. The molecule has 0 radical (unpaired) electrons. The number of rotatable bonds is 4. The highest BCUT2D eigenvalue weighted by atomic mass is 16.5. The normalized spacial score (nSPS) is 36.4. The number of ether oxygens (including phenoxy) is 1. The van der Waals surface area contributed by atoms with Gasteiger partial charge in [-0.15, -0.1) is 0 Å². The van der Waals surface area contributed by atoms with Gasteiger partial charge in [-0.25, -0.2) is 0 Å². The van der Waals surface area contributed by atoms with Gasteiger partial charge in [0, 0.05) is 19.7 Å². The Morgan fingerprint density at radius 2 is 2.44 bits per heavy atom. The Morgan fingerprint density at radius 1 is 1.56 bits per heavy atom. The van der Waals surface area contributed by atoms with Crippen LogP contribution in [0.25, 0.3) is 0 Å². The molecule has 0 aromatic carbocycles. The van der Waals surface area contributed by atoms with Crippen LogP contribution in [0.1, 0.15) is 32.6 Å². The maximum atomic E-state index is 11.3. The van der Waals surface area contributed by atoms with Crippen molar-refractivity contribution in [2.24, 2.45) is 11.3 Å². The average Bonchev–Trinajstić information content (AvgIpc) is 2.78. The number of hydrogen-bond acceptors (Lipinski definition) is 3. The van der Waals surface area contributed by atoms with Crippen molar-refractivity contribution < 1.29 is 9.53 Å². The third-order valence-corrected chi connectivity index (χ3v) is 4.09. The van der Waals surface area contributed by atoms with Crippen LogP contribution in [0.2, 0.25) is 0 Å². The fraction of sp³-hybridized carbons (Fsp3) is 0.923. The minimum Gasteiger partial charge on any atom is -0.380 e. The second-order valence-corrected chi connectivity index (χ2v) is 5.43. The summed E-state index contributed by atoms with van der Waals surface area (Å²) >= 11 is 0. The van der Waals surface area contributed by atoms with Gasteiger partial charge in [0.15, 0.2) is 0 Å². The zero-order valence-electron chi connectivity index (χ0n) is 10.3. The molecular formula is C13H23NO2. The van der Waals surface area contributed by atoms with Gasteiger partial charge in [0.1, 0.15) is 6.29 Å². The van der Waals surface area contributed by atoms with Crippen LogP contribution in [0.4, 0.5) is 0 Å². The lowest BCUT2D eigenvalue weighted by Crippen LogP contribution is -2.43. The van der Waals surface area contributed by atoms with E-state index in [9.17, 15) is 4.79 Å². The molecule has 0 aliphatic carbocycles. The molecule has 16 heavy (non-hydrogen) atoms.